The van der Waals surface area contributed by atoms with Crippen LogP contribution in [0.5, 0.6) is 0 Å². The molecule has 0 spiro atoms. The van der Waals surface area contributed by atoms with Crippen molar-refractivity contribution in [1.29, 1.82) is 0 Å². The largest absolute Gasteiger partial charge is 0.310 e. The topological polar surface area (TPSA) is 3.24 Å². The third kappa shape index (κ3) is 5.16. The van der Waals surface area contributed by atoms with Crippen molar-refractivity contribution in [3.63, 3.8) is 0 Å². The van der Waals surface area contributed by atoms with E-state index in [4.69, 9.17) is 0 Å². The monoisotopic (exact) mass is 713 g/mol. The molecule has 56 heavy (non-hydrogen) atoms. The summed E-state index contributed by atoms with van der Waals surface area (Å²) >= 11 is 0. The van der Waals surface area contributed by atoms with Crippen LogP contribution in [0, 0.1) is 0 Å². The van der Waals surface area contributed by atoms with Crippen molar-refractivity contribution in [3.05, 3.63) is 218 Å². The Kier molecular flexibility index (Phi) is 7.44. The van der Waals surface area contributed by atoms with Gasteiger partial charge in [0, 0.05) is 22.2 Å². The second-order valence-corrected chi connectivity index (χ2v) is 15.5. The fraction of sp³-hybridized carbons (Fsp3) is 0.0545. The molecule has 1 atom stereocenters. The Bertz CT molecular complexity index is 3130. The maximum Gasteiger partial charge on any atom is 0.0546 e. The van der Waals surface area contributed by atoms with Crippen LogP contribution in [0.2, 0.25) is 0 Å². The van der Waals surface area contributed by atoms with Crippen molar-refractivity contribution < 1.29 is 0 Å². The van der Waals surface area contributed by atoms with Crippen LogP contribution < -0.4 is 4.90 Å². The van der Waals surface area contributed by atoms with Crippen LogP contribution in [-0.4, -0.2) is 0 Å². The van der Waals surface area contributed by atoms with Crippen molar-refractivity contribution in [3.8, 4) is 11.1 Å². The normalized spacial score (nSPS) is 15.6. The molecule has 0 amide bonds. The van der Waals surface area contributed by atoms with Crippen molar-refractivity contribution in [2.75, 3.05) is 4.90 Å². The molecule has 0 saturated heterocycles. The molecule has 0 aliphatic heterocycles. The molecule has 1 aliphatic rings. The zero-order chi connectivity index (χ0) is 37.2. The second kappa shape index (κ2) is 12.8. The summed E-state index contributed by atoms with van der Waals surface area (Å²) in [6.07, 6.45) is 8.17. The van der Waals surface area contributed by atoms with Gasteiger partial charge in [-0.15, -0.1) is 0 Å². The highest BCUT2D eigenvalue weighted by Gasteiger charge is 2.31. The summed E-state index contributed by atoms with van der Waals surface area (Å²) in [6, 6.07) is 69.2. The van der Waals surface area contributed by atoms with E-state index in [0.29, 0.717) is 0 Å². The Morgan fingerprint density at radius 2 is 0.875 bits per heavy atom. The SMILES string of the molecule is CC1(c2c3ccccc3cc3ccccc23)C=CC(N(c2ccc(-c3c4ccccc4cc4ccccc34)cc2)c2cc3ccccc3c3ccccc23)=CC1. The van der Waals surface area contributed by atoms with Gasteiger partial charge >= 0.3 is 0 Å². The number of anilines is 2. The first kappa shape index (κ1) is 32.5. The van der Waals surface area contributed by atoms with Crippen LogP contribution in [0.15, 0.2) is 212 Å². The molecule has 11 rings (SSSR count). The Morgan fingerprint density at radius 1 is 0.429 bits per heavy atom. The van der Waals surface area contributed by atoms with Gasteiger partial charge in [-0.25, -0.2) is 0 Å². The predicted molar refractivity (Wildman–Crippen MR) is 241 cm³/mol. The maximum absolute atomic E-state index is 2.48. The lowest BCUT2D eigenvalue weighted by Gasteiger charge is -2.35. The van der Waals surface area contributed by atoms with Gasteiger partial charge in [0.1, 0.15) is 0 Å². The first-order chi connectivity index (χ1) is 27.6. The molecule has 1 nitrogen and oxygen atoms in total. The van der Waals surface area contributed by atoms with Crippen LogP contribution in [0.3, 0.4) is 0 Å². The molecule has 10 aromatic rings. The minimum absolute atomic E-state index is 0.194. The minimum Gasteiger partial charge on any atom is -0.310 e. The molecule has 10 aromatic carbocycles. The number of nitrogens with zero attached hydrogens (tertiary/aromatic N) is 1. The molecule has 0 heterocycles. The van der Waals surface area contributed by atoms with E-state index in [0.717, 1.165) is 12.1 Å². The summed E-state index contributed by atoms with van der Waals surface area (Å²) in [5, 5.41) is 15.3. The molecule has 0 fully saturated rings. The van der Waals surface area contributed by atoms with Crippen molar-refractivity contribution in [2.45, 2.75) is 18.8 Å². The van der Waals surface area contributed by atoms with Gasteiger partial charge in [-0.3, -0.25) is 0 Å². The lowest BCUT2D eigenvalue weighted by Crippen LogP contribution is -2.25. The molecule has 0 saturated carbocycles. The van der Waals surface area contributed by atoms with Crippen LogP contribution in [0.25, 0.3) is 75.8 Å². The Labute approximate surface area is 327 Å². The average Bonchev–Trinajstić information content (AvgIpc) is 3.25. The first-order valence-corrected chi connectivity index (χ1v) is 19.6. The number of benzene rings is 10. The summed E-state index contributed by atoms with van der Waals surface area (Å²) in [7, 11) is 0. The van der Waals surface area contributed by atoms with E-state index < -0.39 is 0 Å². The quantitative estimate of drug-likeness (QED) is 0.127. The second-order valence-electron chi connectivity index (χ2n) is 15.5. The highest BCUT2D eigenvalue weighted by atomic mass is 15.1. The van der Waals surface area contributed by atoms with E-state index in [1.165, 1.54) is 92.7 Å². The van der Waals surface area contributed by atoms with Crippen LogP contribution >= 0.6 is 0 Å². The van der Waals surface area contributed by atoms with Gasteiger partial charge in [-0.1, -0.05) is 177 Å². The average molecular weight is 714 g/mol. The molecule has 0 bridgehead atoms. The van der Waals surface area contributed by atoms with Gasteiger partial charge < -0.3 is 4.90 Å². The fourth-order valence-corrected chi connectivity index (χ4v) is 9.45. The van der Waals surface area contributed by atoms with Gasteiger partial charge in [0.25, 0.3) is 0 Å². The van der Waals surface area contributed by atoms with Crippen molar-refractivity contribution >= 4 is 76.0 Å². The van der Waals surface area contributed by atoms with E-state index >= 15 is 0 Å². The molecule has 0 radical (unpaired) electrons. The van der Waals surface area contributed by atoms with Crippen molar-refractivity contribution in [2.24, 2.45) is 0 Å². The Balaban J connectivity index is 1.09. The van der Waals surface area contributed by atoms with Gasteiger partial charge in [0.05, 0.1) is 5.69 Å². The summed E-state index contributed by atoms with van der Waals surface area (Å²) < 4.78 is 0. The number of hydrogen-bond donors (Lipinski definition) is 0. The maximum atomic E-state index is 2.48. The third-order valence-corrected chi connectivity index (χ3v) is 12.1. The van der Waals surface area contributed by atoms with Crippen molar-refractivity contribution in [1.82, 2.24) is 0 Å². The first-order valence-electron chi connectivity index (χ1n) is 19.6. The van der Waals surface area contributed by atoms with Gasteiger partial charge in [-0.2, -0.15) is 0 Å². The van der Waals surface area contributed by atoms with E-state index in [1.54, 1.807) is 0 Å². The van der Waals surface area contributed by atoms with E-state index in [9.17, 15) is 0 Å². The van der Waals surface area contributed by atoms with E-state index in [2.05, 4.69) is 218 Å². The van der Waals surface area contributed by atoms with Gasteiger partial charge in [0.15, 0.2) is 0 Å². The van der Waals surface area contributed by atoms with E-state index in [-0.39, 0.29) is 5.41 Å². The van der Waals surface area contributed by atoms with E-state index in [1.807, 2.05) is 0 Å². The number of rotatable bonds is 5. The number of fused-ring (bicyclic) bond motifs is 7. The van der Waals surface area contributed by atoms with Gasteiger partial charge in [-0.05, 0) is 119 Å². The van der Waals surface area contributed by atoms with Crippen LogP contribution in [-0.2, 0) is 5.41 Å². The molecular weight excluding hydrogens is 675 g/mol. The molecule has 264 valence electrons. The highest BCUT2D eigenvalue weighted by Crippen LogP contribution is 2.46. The van der Waals surface area contributed by atoms with Crippen LogP contribution in [0.4, 0.5) is 11.4 Å². The molecule has 0 aromatic heterocycles. The molecular formula is C55H39N. The van der Waals surface area contributed by atoms with Crippen LogP contribution in [0.1, 0.15) is 18.9 Å². The third-order valence-electron chi connectivity index (χ3n) is 12.1. The van der Waals surface area contributed by atoms with Gasteiger partial charge in [0.2, 0.25) is 0 Å². The Hall–Kier alpha value is -6.96. The molecule has 1 heteroatoms. The molecule has 1 unspecified atom stereocenters. The minimum atomic E-state index is -0.194. The summed E-state index contributed by atoms with van der Waals surface area (Å²) in [4.78, 5) is 2.48. The molecule has 0 N–H and O–H groups in total. The zero-order valence-corrected chi connectivity index (χ0v) is 31.3. The lowest BCUT2D eigenvalue weighted by atomic mass is 9.73. The predicted octanol–water partition coefficient (Wildman–Crippen LogP) is 15.2. The highest BCUT2D eigenvalue weighted by molar-refractivity contribution is 6.15. The summed E-state index contributed by atoms with van der Waals surface area (Å²) in [5.41, 5.74) is 7.19. The number of allylic oxidation sites excluding steroid dienone is 3. The molecule has 1 aliphatic carbocycles. The Morgan fingerprint density at radius 3 is 1.41 bits per heavy atom. The standard InChI is InChI=1S/C55H39N/c1-55(54-48-22-10-5-16-40(48)35-41-17-6-11-23-49(41)54)32-30-44(31-33-55)56(52-36-42-18-2-7-19-45(42)50-24-12-13-25-51(50)52)43-28-26-37(27-29-43)53-46-20-8-3-14-38(46)34-39-15-4-9-21-47(39)53/h2-32,34-36H,33H2,1H3. The zero-order valence-electron chi connectivity index (χ0n) is 31.3. The smallest absolute Gasteiger partial charge is 0.0546 e. The number of hydrogen-bond acceptors (Lipinski definition) is 1. The lowest BCUT2D eigenvalue weighted by molar-refractivity contribution is 0.606. The fourth-order valence-electron chi connectivity index (χ4n) is 9.45. The summed E-state index contributed by atoms with van der Waals surface area (Å²) in [5.74, 6) is 0. The summed E-state index contributed by atoms with van der Waals surface area (Å²) in [6.45, 7) is 2.41.